The van der Waals surface area contributed by atoms with Crippen LogP contribution in [0.2, 0.25) is 0 Å². The molecule has 9 heteroatoms. The highest BCUT2D eigenvalue weighted by molar-refractivity contribution is 7.80. The van der Waals surface area contributed by atoms with E-state index < -0.39 is 23.6 Å². The number of esters is 1. The topological polar surface area (TPSA) is 84.9 Å². The van der Waals surface area contributed by atoms with E-state index in [0.717, 1.165) is 4.90 Å². The van der Waals surface area contributed by atoms with Gasteiger partial charge in [-0.15, -0.1) is 0 Å². The summed E-state index contributed by atoms with van der Waals surface area (Å²) in [6.07, 6.45) is 1.41. The normalized spacial score (nSPS) is 15.2. The Morgan fingerprint density at radius 3 is 2.43 bits per heavy atom. The number of rotatable bonds is 6. The molecule has 3 rings (SSSR count). The molecule has 30 heavy (non-hydrogen) atoms. The average molecular weight is 428 g/mol. The quantitative estimate of drug-likeness (QED) is 0.330. The first-order valence-corrected chi connectivity index (χ1v) is 9.35. The van der Waals surface area contributed by atoms with Gasteiger partial charge in [-0.3, -0.25) is 19.8 Å². The van der Waals surface area contributed by atoms with Crippen molar-refractivity contribution >= 4 is 46.9 Å². The molecule has 0 unspecified atom stereocenters. The number of thiocarbonyl (C=S) groups is 1. The second-order valence-electron chi connectivity index (χ2n) is 6.10. The molecule has 0 saturated carbocycles. The molecule has 1 heterocycles. The number of ether oxygens (including phenoxy) is 2. The maximum absolute atomic E-state index is 13.2. The Balaban J connectivity index is 1.78. The van der Waals surface area contributed by atoms with Crippen molar-refractivity contribution in [3.05, 3.63) is 65.5 Å². The van der Waals surface area contributed by atoms with Crippen LogP contribution in [0.25, 0.3) is 6.08 Å². The monoisotopic (exact) mass is 428 g/mol. The van der Waals surface area contributed by atoms with Crippen LogP contribution < -0.4 is 15.0 Å². The summed E-state index contributed by atoms with van der Waals surface area (Å²) in [4.78, 5) is 37.6. The summed E-state index contributed by atoms with van der Waals surface area (Å²) in [6.45, 7) is 1.75. The molecule has 2 aromatic carbocycles. The molecule has 1 aliphatic rings. The number of amides is 2. The summed E-state index contributed by atoms with van der Waals surface area (Å²) in [5.41, 5.74) is 0.761. The first-order valence-electron chi connectivity index (χ1n) is 8.94. The van der Waals surface area contributed by atoms with E-state index in [2.05, 4.69) is 5.32 Å². The molecule has 0 aliphatic carbocycles. The van der Waals surface area contributed by atoms with Crippen molar-refractivity contribution in [2.24, 2.45) is 0 Å². The lowest BCUT2D eigenvalue weighted by atomic mass is 10.1. The fourth-order valence-corrected chi connectivity index (χ4v) is 2.93. The molecule has 0 bridgehead atoms. The van der Waals surface area contributed by atoms with Crippen LogP contribution >= 0.6 is 12.2 Å². The molecule has 2 aromatic rings. The molecule has 1 fully saturated rings. The third kappa shape index (κ3) is 4.87. The minimum atomic E-state index is -0.633. The summed E-state index contributed by atoms with van der Waals surface area (Å²) in [5, 5.41) is 2.37. The summed E-state index contributed by atoms with van der Waals surface area (Å²) in [6, 6.07) is 11.6. The molecule has 0 aromatic heterocycles. The zero-order valence-corrected chi connectivity index (χ0v) is 16.7. The summed E-state index contributed by atoms with van der Waals surface area (Å²) in [5.74, 6) is -1.77. The van der Waals surface area contributed by atoms with Crippen molar-refractivity contribution in [1.29, 1.82) is 0 Å². The van der Waals surface area contributed by atoms with Crippen LogP contribution in [0.15, 0.2) is 54.1 Å². The van der Waals surface area contributed by atoms with E-state index in [4.69, 9.17) is 21.7 Å². The number of carbonyl (C=O) groups excluding carboxylic acids is 3. The van der Waals surface area contributed by atoms with E-state index in [1.54, 1.807) is 31.2 Å². The van der Waals surface area contributed by atoms with Crippen LogP contribution in [0.4, 0.5) is 10.1 Å². The van der Waals surface area contributed by atoms with Crippen molar-refractivity contribution in [2.75, 3.05) is 18.1 Å². The molecule has 1 aliphatic heterocycles. The molecule has 1 saturated heterocycles. The highest BCUT2D eigenvalue weighted by atomic mass is 32.1. The third-order valence-corrected chi connectivity index (χ3v) is 4.32. The van der Waals surface area contributed by atoms with Crippen molar-refractivity contribution in [3.63, 3.8) is 0 Å². The Morgan fingerprint density at radius 2 is 1.80 bits per heavy atom. The number of hydrogen-bond acceptors (Lipinski definition) is 6. The maximum Gasteiger partial charge on any atom is 0.344 e. The smallest absolute Gasteiger partial charge is 0.344 e. The zero-order chi connectivity index (χ0) is 21.7. The molecule has 154 valence electrons. The highest BCUT2D eigenvalue weighted by Crippen LogP contribution is 2.23. The summed E-state index contributed by atoms with van der Waals surface area (Å²) < 4.78 is 23.3. The number of nitrogens with zero attached hydrogens (tertiary/aromatic N) is 1. The second kappa shape index (κ2) is 9.27. The van der Waals surface area contributed by atoms with E-state index in [1.807, 2.05) is 0 Å². The SMILES string of the molecule is CCOC(=O)COc1ccc(C=C2C(=O)NC(=S)N(c3ccc(F)cc3)C2=O)cc1. The first-order chi connectivity index (χ1) is 14.4. The van der Waals surface area contributed by atoms with Gasteiger partial charge in [-0.1, -0.05) is 12.1 Å². The molecule has 7 nitrogen and oxygen atoms in total. The van der Waals surface area contributed by atoms with Crippen molar-refractivity contribution in [3.8, 4) is 5.75 Å². The largest absolute Gasteiger partial charge is 0.482 e. The van der Waals surface area contributed by atoms with E-state index in [-0.39, 0.29) is 23.9 Å². The summed E-state index contributed by atoms with van der Waals surface area (Å²) >= 11 is 5.10. The number of hydrogen-bond donors (Lipinski definition) is 1. The maximum atomic E-state index is 13.2. The molecule has 1 N–H and O–H groups in total. The Labute approximate surface area is 177 Å². The van der Waals surface area contributed by atoms with Gasteiger partial charge < -0.3 is 9.47 Å². The lowest BCUT2D eigenvalue weighted by Gasteiger charge is -2.28. The third-order valence-electron chi connectivity index (χ3n) is 4.04. The number of carbonyl (C=O) groups is 3. The van der Waals surface area contributed by atoms with Gasteiger partial charge in [0.2, 0.25) is 0 Å². The van der Waals surface area contributed by atoms with Crippen molar-refractivity contribution < 1.29 is 28.2 Å². The van der Waals surface area contributed by atoms with Gasteiger partial charge in [0.1, 0.15) is 17.1 Å². The molecular weight excluding hydrogens is 411 g/mol. The van der Waals surface area contributed by atoms with Crippen LogP contribution in [0.3, 0.4) is 0 Å². The fraction of sp³-hybridized carbons (Fsp3) is 0.143. The van der Waals surface area contributed by atoms with E-state index in [9.17, 15) is 18.8 Å². The first kappa shape index (κ1) is 21.1. The van der Waals surface area contributed by atoms with Gasteiger partial charge in [-0.25, -0.2) is 9.18 Å². The van der Waals surface area contributed by atoms with Gasteiger partial charge in [-0.2, -0.15) is 0 Å². The molecule has 0 atom stereocenters. The highest BCUT2D eigenvalue weighted by Gasteiger charge is 2.34. The second-order valence-corrected chi connectivity index (χ2v) is 6.48. The van der Waals surface area contributed by atoms with Crippen LogP contribution in [0.1, 0.15) is 12.5 Å². The molecular formula is C21H17FN2O5S. The van der Waals surface area contributed by atoms with E-state index in [0.29, 0.717) is 17.0 Å². The number of nitrogens with one attached hydrogen (secondary N) is 1. The van der Waals surface area contributed by atoms with Gasteiger partial charge in [0, 0.05) is 0 Å². The van der Waals surface area contributed by atoms with Gasteiger partial charge in [-0.05, 0) is 67.2 Å². The van der Waals surface area contributed by atoms with Crippen LogP contribution in [0.5, 0.6) is 5.75 Å². The van der Waals surface area contributed by atoms with Gasteiger partial charge in [0.05, 0.1) is 12.3 Å². The van der Waals surface area contributed by atoms with Crippen molar-refractivity contribution in [2.45, 2.75) is 6.92 Å². The standard InChI is InChI=1S/C21H17FN2O5S/c1-2-28-18(25)12-29-16-9-3-13(4-10-16)11-17-19(26)23-21(30)24(20(17)27)15-7-5-14(22)6-8-15/h3-11H,2,12H2,1H3,(H,23,26,30). The van der Waals surface area contributed by atoms with Crippen LogP contribution in [-0.4, -0.2) is 36.1 Å². The Hall–Kier alpha value is -3.59. The van der Waals surface area contributed by atoms with Gasteiger partial charge in [0.25, 0.3) is 11.8 Å². The number of anilines is 1. The lowest BCUT2D eigenvalue weighted by molar-refractivity contribution is -0.145. The summed E-state index contributed by atoms with van der Waals surface area (Å²) in [7, 11) is 0. The average Bonchev–Trinajstić information content (AvgIpc) is 2.72. The minimum Gasteiger partial charge on any atom is -0.482 e. The van der Waals surface area contributed by atoms with E-state index in [1.165, 1.54) is 30.3 Å². The predicted molar refractivity (Wildman–Crippen MR) is 111 cm³/mol. The Bertz CT molecular complexity index is 1020. The number of benzene rings is 2. The molecule has 2 amide bonds. The van der Waals surface area contributed by atoms with Crippen LogP contribution in [-0.2, 0) is 19.1 Å². The van der Waals surface area contributed by atoms with E-state index >= 15 is 0 Å². The minimum absolute atomic E-state index is 0.0866. The van der Waals surface area contributed by atoms with Gasteiger partial charge in [0.15, 0.2) is 11.7 Å². The molecule has 0 radical (unpaired) electrons. The Morgan fingerprint density at radius 1 is 1.13 bits per heavy atom. The van der Waals surface area contributed by atoms with Gasteiger partial charge >= 0.3 is 5.97 Å². The fourth-order valence-electron chi connectivity index (χ4n) is 2.65. The number of halogens is 1. The van der Waals surface area contributed by atoms with Crippen LogP contribution in [0, 0.1) is 5.82 Å². The zero-order valence-electron chi connectivity index (χ0n) is 15.9. The Kier molecular flexibility index (Phi) is 6.53. The van der Waals surface area contributed by atoms with Crippen molar-refractivity contribution in [1.82, 2.24) is 5.32 Å². The predicted octanol–water partition coefficient (Wildman–Crippen LogP) is 2.60. The molecule has 0 spiro atoms. The lowest BCUT2D eigenvalue weighted by Crippen LogP contribution is -2.54.